The Kier molecular flexibility index (Phi) is 2.95. The summed E-state index contributed by atoms with van der Waals surface area (Å²) in [5, 5.41) is 1.38. The highest BCUT2D eigenvalue weighted by Crippen LogP contribution is 2.45. The van der Waals surface area contributed by atoms with Crippen LogP contribution in [0.3, 0.4) is 0 Å². The van der Waals surface area contributed by atoms with E-state index in [0.717, 1.165) is 33.5 Å². The number of halogens is 1. The van der Waals surface area contributed by atoms with Crippen LogP contribution >= 0.6 is 22.9 Å². The maximum absolute atomic E-state index is 11.9. The van der Waals surface area contributed by atoms with Crippen LogP contribution in [0.5, 0.6) is 0 Å². The molecule has 0 bridgehead atoms. The first-order valence-electron chi connectivity index (χ1n) is 5.80. The molecule has 18 heavy (non-hydrogen) atoms. The number of aromatic nitrogens is 2. The molecule has 2 aromatic heterocycles. The molecular weight excluding hydrogens is 272 g/mol. The fourth-order valence-electron chi connectivity index (χ4n) is 2.39. The number of carbonyl (C=O) groups excluding carboxylic acids is 1. The molecule has 0 radical (unpaired) electrons. The standard InChI is InChI=1S/C12H11ClN2O2S/c1-2-17-12(16)7-4-3-6-8-10(13)14-5-15-11(8)18-9(6)7/h5,7H,2-4H2,1H3. The van der Waals surface area contributed by atoms with Crippen LogP contribution in [-0.4, -0.2) is 22.5 Å². The summed E-state index contributed by atoms with van der Waals surface area (Å²) in [4.78, 5) is 22.0. The van der Waals surface area contributed by atoms with Crippen molar-refractivity contribution in [2.75, 3.05) is 6.61 Å². The highest BCUT2D eigenvalue weighted by molar-refractivity contribution is 7.19. The highest BCUT2D eigenvalue weighted by atomic mass is 35.5. The molecule has 94 valence electrons. The maximum atomic E-state index is 11.9. The number of nitrogens with zero attached hydrogens (tertiary/aromatic N) is 2. The largest absolute Gasteiger partial charge is 0.465 e. The summed E-state index contributed by atoms with van der Waals surface area (Å²) in [6.45, 7) is 2.23. The zero-order valence-electron chi connectivity index (χ0n) is 9.77. The van der Waals surface area contributed by atoms with Crippen LogP contribution in [-0.2, 0) is 16.0 Å². The van der Waals surface area contributed by atoms with Crippen LogP contribution in [0, 0.1) is 0 Å². The molecule has 0 amide bonds. The Bertz CT molecular complexity index is 626. The van der Waals surface area contributed by atoms with Gasteiger partial charge >= 0.3 is 5.97 Å². The summed E-state index contributed by atoms with van der Waals surface area (Å²) in [5.74, 6) is -0.304. The number of hydrogen-bond acceptors (Lipinski definition) is 5. The summed E-state index contributed by atoms with van der Waals surface area (Å²) in [5.41, 5.74) is 1.12. The second-order valence-electron chi connectivity index (χ2n) is 4.13. The minimum Gasteiger partial charge on any atom is -0.465 e. The van der Waals surface area contributed by atoms with Gasteiger partial charge in [0.2, 0.25) is 0 Å². The Labute approximate surface area is 113 Å². The third-order valence-electron chi connectivity index (χ3n) is 3.14. The number of fused-ring (bicyclic) bond motifs is 3. The Balaban J connectivity index is 2.10. The first-order valence-corrected chi connectivity index (χ1v) is 7.00. The lowest BCUT2D eigenvalue weighted by Crippen LogP contribution is -2.12. The van der Waals surface area contributed by atoms with Crippen LogP contribution in [0.1, 0.15) is 29.7 Å². The molecule has 2 aromatic rings. The molecule has 0 aliphatic heterocycles. The van der Waals surface area contributed by atoms with Crippen molar-refractivity contribution >= 4 is 39.1 Å². The van der Waals surface area contributed by atoms with Gasteiger partial charge in [-0.25, -0.2) is 9.97 Å². The number of carbonyl (C=O) groups is 1. The average molecular weight is 283 g/mol. The Morgan fingerprint density at radius 1 is 1.61 bits per heavy atom. The molecule has 3 rings (SSSR count). The molecule has 1 unspecified atom stereocenters. The number of ether oxygens (including phenoxy) is 1. The normalized spacial score (nSPS) is 18.0. The molecule has 0 N–H and O–H groups in total. The molecule has 1 aliphatic rings. The van der Waals surface area contributed by atoms with Crippen LogP contribution in [0.2, 0.25) is 5.15 Å². The van der Waals surface area contributed by atoms with E-state index in [1.807, 2.05) is 6.92 Å². The minimum absolute atomic E-state index is 0.146. The monoisotopic (exact) mass is 282 g/mol. The number of thiophene rings is 1. The smallest absolute Gasteiger partial charge is 0.314 e. The van der Waals surface area contributed by atoms with Gasteiger partial charge in [-0.15, -0.1) is 11.3 Å². The first-order chi connectivity index (χ1) is 8.72. The molecule has 4 nitrogen and oxygen atoms in total. The fraction of sp³-hybridized carbons (Fsp3) is 0.417. The number of esters is 1. The zero-order chi connectivity index (χ0) is 12.7. The topological polar surface area (TPSA) is 52.1 Å². The van der Waals surface area contributed by atoms with E-state index in [1.165, 1.54) is 17.7 Å². The molecule has 0 spiro atoms. The van der Waals surface area contributed by atoms with Crippen LogP contribution in [0.25, 0.3) is 10.2 Å². The van der Waals surface area contributed by atoms with Crippen molar-refractivity contribution in [2.45, 2.75) is 25.7 Å². The van der Waals surface area contributed by atoms with Crippen molar-refractivity contribution in [3.8, 4) is 0 Å². The molecule has 1 aliphatic carbocycles. The Morgan fingerprint density at radius 3 is 3.22 bits per heavy atom. The van der Waals surface area contributed by atoms with E-state index in [1.54, 1.807) is 0 Å². The Hall–Kier alpha value is -1.20. The van der Waals surface area contributed by atoms with E-state index in [0.29, 0.717) is 11.8 Å². The molecule has 6 heteroatoms. The van der Waals surface area contributed by atoms with Gasteiger partial charge in [0, 0.05) is 4.88 Å². The molecule has 2 heterocycles. The number of hydrogen-bond donors (Lipinski definition) is 0. The zero-order valence-corrected chi connectivity index (χ0v) is 11.3. The minimum atomic E-state index is -0.157. The summed E-state index contributed by atoms with van der Waals surface area (Å²) in [6, 6.07) is 0. The summed E-state index contributed by atoms with van der Waals surface area (Å²) in [6.07, 6.45) is 3.09. The van der Waals surface area contributed by atoms with Gasteiger partial charge in [-0.05, 0) is 25.3 Å². The Morgan fingerprint density at radius 2 is 2.44 bits per heavy atom. The lowest BCUT2D eigenvalue weighted by Gasteiger charge is -2.07. The van der Waals surface area contributed by atoms with Crippen molar-refractivity contribution in [1.29, 1.82) is 0 Å². The molecule has 0 saturated heterocycles. The molecule has 0 aromatic carbocycles. The third-order valence-corrected chi connectivity index (χ3v) is 4.68. The molecule has 0 fully saturated rings. The van der Waals surface area contributed by atoms with Crippen molar-refractivity contribution in [2.24, 2.45) is 0 Å². The lowest BCUT2D eigenvalue weighted by molar-refractivity contribution is -0.144. The number of aryl methyl sites for hydroxylation is 1. The van der Waals surface area contributed by atoms with E-state index in [-0.39, 0.29) is 11.9 Å². The van der Waals surface area contributed by atoms with E-state index in [2.05, 4.69) is 9.97 Å². The number of rotatable bonds is 2. The quantitative estimate of drug-likeness (QED) is 0.628. The van der Waals surface area contributed by atoms with E-state index >= 15 is 0 Å². The van der Waals surface area contributed by atoms with Gasteiger partial charge in [-0.3, -0.25) is 4.79 Å². The van der Waals surface area contributed by atoms with Crippen molar-refractivity contribution < 1.29 is 9.53 Å². The summed E-state index contributed by atoms with van der Waals surface area (Å²) < 4.78 is 5.11. The van der Waals surface area contributed by atoms with Gasteiger partial charge in [-0.2, -0.15) is 0 Å². The van der Waals surface area contributed by atoms with E-state index < -0.39 is 0 Å². The van der Waals surface area contributed by atoms with Gasteiger partial charge in [-0.1, -0.05) is 11.6 Å². The van der Waals surface area contributed by atoms with Gasteiger partial charge in [0.15, 0.2) is 0 Å². The van der Waals surface area contributed by atoms with Crippen LogP contribution in [0.15, 0.2) is 6.33 Å². The highest BCUT2D eigenvalue weighted by Gasteiger charge is 2.34. The lowest BCUT2D eigenvalue weighted by atomic mass is 10.1. The first kappa shape index (κ1) is 11.9. The van der Waals surface area contributed by atoms with Gasteiger partial charge in [0.25, 0.3) is 0 Å². The molecular formula is C12H11ClN2O2S. The average Bonchev–Trinajstić information content (AvgIpc) is 2.87. The van der Waals surface area contributed by atoms with Crippen molar-refractivity contribution in [3.63, 3.8) is 0 Å². The SMILES string of the molecule is CCOC(=O)C1CCc2c1sc1ncnc(Cl)c21. The third kappa shape index (κ3) is 1.69. The van der Waals surface area contributed by atoms with E-state index in [9.17, 15) is 4.79 Å². The van der Waals surface area contributed by atoms with Crippen LogP contribution < -0.4 is 0 Å². The predicted molar refractivity (Wildman–Crippen MR) is 70.1 cm³/mol. The second-order valence-corrected chi connectivity index (χ2v) is 5.52. The van der Waals surface area contributed by atoms with Crippen LogP contribution in [0.4, 0.5) is 0 Å². The summed E-state index contributed by atoms with van der Waals surface area (Å²) >= 11 is 7.64. The van der Waals surface area contributed by atoms with Gasteiger partial charge in [0.1, 0.15) is 16.3 Å². The van der Waals surface area contributed by atoms with Gasteiger partial charge in [0.05, 0.1) is 17.9 Å². The van der Waals surface area contributed by atoms with Crippen molar-refractivity contribution in [1.82, 2.24) is 9.97 Å². The van der Waals surface area contributed by atoms with E-state index in [4.69, 9.17) is 16.3 Å². The maximum Gasteiger partial charge on any atom is 0.314 e. The van der Waals surface area contributed by atoms with Crippen molar-refractivity contribution in [3.05, 3.63) is 21.9 Å². The summed E-state index contributed by atoms with van der Waals surface area (Å²) in [7, 11) is 0. The second kappa shape index (κ2) is 4.48. The van der Waals surface area contributed by atoms with Gasteiger partial charge < -0.3 is 4.74 Å². The molecule has 1 atom stereocenters. The fourth-order valence-corrected chi connectivity index (χ4v) is 4.00. The predicted octanol–water partition coefficient (Wildman–Crippen LogP) is 2.94. The molecule has 0 saturated carbocycles.